The molecular weight excluding hydrogens is 570 g/mol. The number of hydrazone groups is 1. The van der Waals surface area contributed by atoms with Crippen molar-refractivity contribution < 1.29 is 22.7 Å². The molecule has 4 aromatic rings. The molecule has 0 saturated heterocycles. The molecular formula is C28H22BrN3O5S. The smallest absolute Gasteiger partial charge is 0.343 e. The van der Waals surface area contributed by atoms with Crippen molar-refractivity contribution in [1.29, 1.82) is 0 Å². The van der Waals surface area contributed by atoms with Gasteiger partial charge in [-0.2, -0.15) is 5.10 Å². The zero-order valence-electron chi connectivity index (χ0n) is 20.1. The summed E-state index contributed by atoms with van der Waals surface area (Å²) in [6, 6.07) is 26.0. The van der Waals surface area contributed by atoms with Crippen LogP contribution in [0.3, 0.4) is 0 Å². The van der Waals surface area contributed by atoms with E-state index in [0.29, 0.717) is 16.8 Å². The molecule has 0 aliphatic carbocycles. The highest BCUT2D eigenvalue weighted by Gasteiger charge is 2.15. The summed E-state index contributed by atoms with van der Waals surface area (Å²) in [5.74, 6) is -0.762. The van der Waals surface area contributed by atoms with Gasteiger partial charge in [0.25, 0.3) is 15.9 Å². The highest BCUT2D eigenvalue weighted by atomic mass is 79.9. The van der Waals surface area contributed by atoms with E-state index in [9.17, 15) is 18.0 Å². The lowest BCUT2D eigenvalue weighted by atomic mass is 10.2. The van der Waals surface area contributed by atoms with Crippen LogP contribution in [0.1, 0.15) is 31.8 Å². The van der Waals surface area contributed by atoms with Crippen molar-refractivity contribution in [2.45, 2.75) is 11.8 Å². The van der Waals surface area contributed by atoms with Crippen LogP contribution in [0.15, 0.2) is 112 Å². The predicted octanol–water partition coefficient (Wildman–Crippen LogP) is 5.54. The van der Waals surface area contributed by atoms with E-state index in [1.165, 1.54) is 42.6 Å². The highest BCUT2D eigenvalue weighted by Crippen LogP contribution is 2.23. The summed E-state index contributed by atoms with van der Waals surface area (Å²) in [5.41, 5.74) is 4.81. The Morgan fingerprint density at radius 3 is 2.24 bits per heavy atom. The Bertz CT molecular complexity index is 1590. The maximum absolute atomic E-state index is 12.6. The summed E-state index contributed by atoms with van der Waals surface area (Å²) in [7, 11) is -3.76. The number of halogens is 1. The van der Waals surface area contributed by atoms with Crippen LogP contribution in [-0.4, -0.2) is 26.5 Å². The fourth-order valence-corrected chi connectivity index (χ4v) is 4.73. The molecule has 0 radical (unpaired) electrons. The van der Waals surface area contributed by atoms with Crippen molar-refractivity contribution in [1.82, 2.24) is 5.43 Å². The lowest BCUT2D eigenvalue weighted by Gasteiger charge is -2.09. The van der Waals surface area contributed by atoms with Gasteiger partial charge in [0, 0.05) is 21.3 Å². The monoisotopic (exact) mass is 591 g/mol. The molecule has 0 spiro atoms. The molecule has 10 heteroatoms. The van der Waals surface area contributed by atoms with Crippen LogP contribution in [0.2, 0.25) is 0 Å². The van der Waals surface area contributed by atoms with Gasteiger partial charge in [-0.25, -0.2) is 18.6 Å². The number of rotatable bonds is 8. The van der Waals surface area contributed by atoms with E-state index >= 15 is 0 Å². The van der Waals surface area contributed by atoms with E-state index in [-0.39, 0.29) is 16.2 Å². The van der Waals surface area contributed by atoms with Gasteiger partial charge in [-0.1, -0.05) is 51.8 Å². The molecule has 0 saturated carbocycles. The number of esters is 1. The first-order chi connectivity index (χ1) is 18.2. The predicted molar refractivity (Wildman–Crippen MR) is 149 cm³/mol. The van der Waals surface area contributed by atoms with Crippen molar-refractivity contribution in [2.75, 3.05) is 4.72 Å². The maximum atomic E-state index is 12.6. The lowest BCUT2D eigenvalue weighted by molar-refractivity contribution is 0.0734. The summed E-state index contributed by atoms with van der Waals surface area (Å²) in [4.78, 5) is 25.1. The summed E-state index contributed by atoms with van der Waals surface area (Å²) in [5, 5.41) is 3.98. The summed E-state index contributed by atoms with van der Waals surface area (Å²) in [6.45, 7) is 1.87. The van der Waals surface area contributed by atoms with Crippen LogP contribution in [0.5, 0.6) is 5.75 Å². The van der Waals surface area contributed by atoms with Gasteiger partial charge in [0.15, 0.2) is 0 Å². The summed E-state index contributed by atoms with van der Waals surface area (Å²) >= 11 is 3.37. The Morgan fingerprint density at radius 1 is 0.868 bits per heavy atom. The molecule has 0 aromatic heterocycles. The second kappa shape index (κ2) is 11.8. The molecule has 0 atom stereocenters. The maximum Gasteiger partial charge on any atom is 0.343 e. The third kappa shape index (κ3) is 6.93. The molecule has 4 aromatic carbocycles. The molecule has 0 heterocycles. The Morgan fingerprint density at radius 2 is 1.55 bits per heavy atom. The molecule has 2 N–H and O–H groups in total. The molecule has 0 fully saturated rings. The summed E-state index contributed by atoms with van der Waals surface area (Å²) in [6.07, 6.45) is 1.36. The van der Waals surface area contributed by atoms with Crippen LogP contribution < -0.4 is 14.9 Å². The van der Waals surface area contributed by atoms with Crippen molar-refractivity contribution in [3.63, 3.8) is 0 Å². The van der Waals surface area contributed by atoms with E-state index in [1.54, 1.807) is 60.7 Å². The van der Waals surface area contributed by atoms with Gasteiger partial charge in [-0.3, -0.25) is 9.52 Å². The number of ether oxygens (including phenoxy) is 1. The fraction of sp³-hybridized carbons (Fsp3) is 0.0357. The normalized spacial score (nSPS) is 11.2. The SMILES string of the molecule is Cc1ccc(S(=O)(=O)Nc2ccc(C(=O)NN=Cc3cc(Br)ccc3OC(=O)c3ccccc3)cc2)cc1. The zero-order valence-corrected chi connectivity index (χ0v) is 22.5. The average molecular weight is 592 g/mol. The third-order valence-corrected chi connectivity index (χ3v) is 7.17. The highest BCUT2D eigenvalue weighted by molar-refractivity contribution is 9.10. The number of nitrogens with zero attached hydrogens (tertiary/aromatic N) is 1. The van der Waals surface area contributed by atoms with Gasteiger partial charge < -0.3 is 4.74 Å². The van der Waals surface area contributed by atoms with Gasteiger partial charge in [0.2, 0.25) is 0 Å². The molecule has 1 amide bonds. The van der Waals surface area contributed by atoms with E-state index < -0.39 is 21.9 Å². The molecule has 192 valence electrons. The Kier molecular flexibility index (Phi) is 8.35. The number of anilines is 1. The van der Waals surface area contributed by atoms with E-state index in [2.05, 4.69) is 31.2 Å². The van der Waals surface area contributed by atoms with E-state index in [0.717, 1.165) is 10.0 Å². The first kappa shape index (κ1) is 26.8. The van der Waals surface area contributed by atoms with Gasteiger partial charge in [-0.15, -0.1) is 0 Å². The fourth-order valence-electron chi connectivity index (χ4n) is 3.29. The number of carbonyl (C=O) groups excluding carboxylic acids is 2. The second-order valence-corrected chi connectivity index (χ2v) is 10.7. The Hall–Kier alpha value is -4.28. The Balaban J connectivity index is 1.40. The van der Waals surface area contributed by atoms with Crippen LogP contribution in [0.4, 0.5) is 5.69 Å². The van der Waals surface area contributed by atoms with Gasteiger partial charge >= 0.3 is 5.97 Å². The number of nitrogens with one attached hydrogen (secondary N) is 2. The Labute approximate surface area is 228 Å². The third-order valence-electron chi connectivity index (χ3n) is 5.28. The second-order valence-electron chi connectivity index (χ2n) is 8.13. The molecule has 8 nitrogen and oxygen atoms in total. The van der Waals surface area contributed by atoms with Gasteiger partial charge in [0.05, 0.1) is 16.7 Å². The van der Waals surface area contributed by atoms with Crippen molar-refractivity contribution in [2.24, 2.45) is 5.10 Å². The lowest BCUT2D eigenvalue weighted by Crippen LogP contribution is -2.18. The topological polar surface area (TPSA) is 114 Å². The van der Waals surface area contributed by atoms with Gasteiger partial charge in [-0.05, 0) is 73.7 Å². The molecule has 0 unspecified atom stereocenters. The number of aryl methyl sites for hydroxylation is 1. The average Bonchev–Trinajstić information content (AvgIpc) is 2.91. The largest absolute Gasteiger partial charge is 0.422 e. The van der Waals surface area contributed by atoms with Crippen molar-refractivity contribution in [3.05, 3.63) is 124 Å². The van der Waals surface area contributed by atoms with Crippen molar-refractivity contribution >= 4 is 49.7 Å². The van der Waals surface area contributed by atoms with E-state index in [4.69, 9.17) is 4.74 Å². The number of carbonyl (C=O) groups is 2. The standard InChI is InChI=1S/C28H22BrN3O5S/c1-19-7-14-25(15-8-19)38(35,36)32-24-12-9-20(10-13-24)27(33)31-30-18-22-17-23(29)11-16-26(22)37-28(34)21-5-3-2-4-6-21/h2-18,32H,1H3,(H,31,33). The molecule has 0 aliphatic heterocycles. The number of sulfonamides is 1. The van der Waals surface area contributed by atoms with Gasteiger partial charge in [0.1, 0.15) is 5.75 Å². The van der Waals surface area contributed by atoms with Crippen LogP contribution >= 0.6 is 15.9 Å². The molecule has 4 rings (SSSR count). The first-order valence-electron chi connectivity index (χ1n) is 11.3. The van der Waals surface area contributed by atoms with Crippen molar-refractivity contribution in [3.8, 4) is 5.75 Å². The summed E-state index contributed by atoms with van der Waals surface area (Å²) < 4.78 is 33.8. The molecule has 38 heavy (non-hydrogen) atoms. The number of amides is 1. The van der Waals surface area contributed by atoms with E-state index in [1.807, 2.05) is 6.92 Å². The number of hydrogen-bond acceptors (Lipinski definition) is 6. The number of benzene rings is 4. The molecule has 0 aliphatic rings. The quantitative estimate of drug-likeness (QED) is 0.121. The number of hydrogen-bond donors (Lipinski definition) is 2. The zero-order chi connectivity index (χ0) is 27.1. The minimum absolute atomic E-state index is 0.139. The molecule has 0 bridgehead atoms. The minimum atomic E-state index is -3.76. The van der Waals surface area contributed by atoms with Crippen LogP contribution in [-0.2, 0) is 10.0 Å². The van der Waals surface area contributed by atoms with Crippen LogP contribution in [0, 0.1) is 6.92 Å². The van der Waals surface area contributed by atoms with Crippen LogP contribution in [0.25, 0.3) is 0 Å². The first-order valence-corrected chi connectivity index (χ1v) is 13.6. The minimum Gasteiger partial charge on any atom is -0.422 e.